The molecule has 0 aromatic heterocycles. The highest BCUT2D eigenvalue weighted by Gasteiger charge is 2.16. The van der Waals surface area contributed by atoms with E-state index in [1.807, 2.05) is 73.3 Å². The van der Waals surface area contributed by atoms with Crippen LogP contribution in [0.4, 0.5) is 4.79 Å². The summed E-state index contributed by atoms with van der Waals surface area (Å²) in [4.78, 5) is 14.3. The number of benzene rings is 2. The fraction of sp³-hybridized carbons (Fsp3) is 0.381. The van der Waals surface area contributed by atoms with Crippen LogP contribution in [0.3, 0.4) is 0 Å². The highest BCUT2D eigenvalue weighted by molar-refractivity contribution is 5.74. The molecule has 0 saturated heterocycles. The largest absolute Gasteiger partial charge is 0.494 e. The summed E-state index contributed by atoms with van der Waals surface area (Å²) in [6, 6.07) is 18.2. The first-order valence-corrected chi connectivity index (χ1v) is 8.84. The van der Waals surface area contributed by atoms with Gasteiger partial charge in [-0.15, -0.1) is 0 Å². The first-order valence-electron chi connectivity index (χ1n) is 8.84. The fourth-order valence-corrected chi connectivity index (χ4v) is 2.46. The summed E-state index contributed by atoms with van der Waals surface area (Å²) in [7, 11) is 0. The number of carbonyl (C=O) groups excluding carboxylic acids is 1. The number of amides is 2. The Kier molecular flexibility index (Phi) is 7.33. The molecule has 0 bridgehead atoms. The molecule has 0 fully saturated rings. The lowest BCUT2D eigenvalue weighted by Gasteiger charge is -2.27. The van der Waals surface area contributed by atoms with Crippen molar-refractivity contribution in [1.29, 1.82) is 0 Å². The topological polar surface area (TPSA) is 41.6 Å². The number of carbonyl (C=O) groups is 1. The molecule has 1 N–H and O–H groups in total. The first-order chi connectivity index (χ1) is 12.1. The van der Waals surface area contributed by atoms with Crippen LogP contribution < -0.4 is 10.1 Å². The van der Waals surface area contributed by atoms with Gasteiger partial charge in [-0.1, -0.05) is 48.0 Å². The van der Waals surface area contributed by atoms with Gasteiger partial charge in [0.1, 0.15) is 5.75 Å². The highest BCUT2D eigenvalue weighted by Crippen LogP contribution is 2.11. The minimum absolute atomic E-state index is 0.0332. The Labute approximate surface area is 150 Å². The zero-order chi connectivity index (χ0) is 18.1. The molecule has 2 amide bonds. The monoisotopic (exact) mass is 340 g/mol. The number of nitrogens with zero attached hydrogens (tertiary/aromatic N) is 1. The van der Waals surface area contributed by atoms with E-state index in [0.29, 0.717) is 19.7 Å². The molecular weight excluding hydrogens is 312 g/mol. The molecule has 0 saturated carbocycles. The molecule has 25 heavy (non-hydrogen) atoms. The van der Waals surface area contributed by atoms with Gasteiger partial charge < -0.3 is 15.0 Å². The van der Waals surface area contributed by atoms with Crippen LogP contribution in [0.5, 0.6) is 5.75 Å². The summed E-state index contributed by atoms with van der Waals surface area (Å²) in [5.41, 5.74) is 2.35. The van der Waals surface area contributed by atoms with Gasteiger partial charge in [0, 0.05) is 19.1 Å². The Hall–Kier alpha value is -2.49. The molecule has 0 radical (unpaired) electrons. The van der Waals surface area contributed by atoms with Gasteiger partial charge >= 0.3 is 6.03 Å². The van der Waals surface area contributed by atoms with Crippen molar-refractivity contribution in [1.82, 2.24) is 10.2 Å². The van der Waals surface area contributed by atoms with Gasteiger partial charge in [0.15, 0.2) is 0 Å². The van der Waals surface area contributed by atoms with Crippen LogP contribution >= 0.6 is 0 Å². The zero-order valence-corrected chi connectivity index (χ0v) is 15.4. The second kappa shape index (κ2) is 9.72. The summed E-state index contributed by atoms with van der Waals surface area (Å²) in [5.74, 6) is 0.866. The third-order valence-electron chi connectivity index (χ3n) is 3.97. The van der Waals surface area contributed by atoms with Gasteiger partial charge in [-0.3, -0.25) is 0 Å². The van der Waals surface area contributed by atoms with Crippen molar-refractivity contribution >= 4 is 6.03 Å². The van der Waals surface area contributed by atoms with Gasteiger partial charge in [0.05, 0.1) is 6.61 Å². The van der Waals surface area contributed by atoms with Crippen LogP contribution in [0.1, 0.15) is 31.4 Å². The molecule has 4 nitrogen and oxygen atoms in total. The number of urea groups is 1. The number of aryl methyl sites for hydroxylation is 1. The van der Waals surface area contributed by atoms with E-state index in [4.69, 9.17) is 4.74 Å². The van der Waals surface area contributed by atoms with Crippen LogP contribution in [0.25, 0.3) is 0 Å². The Morgan fingerprint density at radius 3 is 2.40 bits per heavy atom. The molecule has 0 atom stereocenters. The Bertz CT molecular complexity index is 639. The summed E-state index contributed by atoms with van der Waals surface area (Å²) in [5, 5.41) is 2.99. The van der Waals surface area contributed by atoms with Crippen LogP contribution in [0.2, 0.25) is 0 Å². The van der Waals surface area contributed by atoms with Crippen molar-refractivity contribution in [2.24, 2.45) is 0 Å². The normalized spacial score (nSPS) is 10.6. The Morgan fingerprint density at radius 1 is 1.08 bits per heavy atom. The highest BCUT2D eigenvalue weighted by atomic mass is 16.5. The molecule has 2 aromatic carbocycles. The second-order valence-electron chi connectivity index (χ2n) is 6.45. The lowest BCUT2D eigenvalue weighted by molar-refractivity contribution is 0.179. The average molecular weight is 340 g/mol. The van der Waals surface area contributed by atoms with Gasteiger partial charge in [-0.25, -0.2) is 4.79 Å². The van der Waals surface area contributed by atoms with Gasteiger partial charge in [0.2, 0.25) is 0 Å². The van der Waals surface area contributed by atoms with Crippen LogP contribution in [0.15, 0.2) is 54.6 Å². The van der Waals surface area contributed by atoms with Gasteiger partial charge in [-0.2, -0.15) is 0 Å². The minimum Gasteiger partial charge on any atom is -0.494 e. The van der Waals surface area contributed by atoms with E-state index in [9.17, 15) is 4.79 Å². The quantitative estimate of drug-likeness (QED) is 0.724. The van der Waals surface area contributed by atoms with Crippen molar-refractivity contribution < 1.29 is 9.53 Å². The lowest BCUT2D eigenvalue weighted by Crippen LogP contribution is -2.43. The van der Waals surface area contributed by atoms with Crippen LogP contribution in [-0.2, 0) is 6.54 Å². The SMILES string of the molecule is Cc1ccc(OCCCNC(=O)N(Cc2ccccc2)C(C)C)cc1. The minimum atomic E-state index is -0.0332. The molecule has 0 aliphatic carbocycles. The molecule has 2 rings (SSSR count). The summed E-state index contributed by atoms with van der Waals surface area (Å²) >= 11 is 0. The van der Waals surface area contributed by atoms with Crippen molar-refractivity contribution in [3.8, 4) is 5.75 Å². The number of hydrogen-bond acceptors (Lipinski definition) is 2. The summed E-state index contributed by atoms with van der Waals surface area (Å²) in [6.45, 7) is 7.91. The maximum Gasteiger partial charge on any atom is 0.317 e. The van der Waals surface area contributed by atoms with Crippen molar-refractivity contribution in [2.75, 3.05) is 13.2 Å². The zero-order valence-electron chi connectivity index (χ0n) is 15.4. The predicted octanol–water partition coefficient (Wildman–Crippen LogP) is 4.38. The Balaban J connectivity index is 1.72. The van der Waals surface area contributed by atoms with Crippen molar-refractivity contribution in [2.45, 2.75) is 39.8 Å². The Morgan fingerprint density at radius 2 is 1.76 bits per heavy atom. The molecule has 4 heteroatoms. The van der Waals surface area contributed by atoms with E-state index in [1.165, 1.54) is 5.56 Å². The van der Waals surface area contributed by atoms with E-state index >= 15 is 0 Å². The molecule has 0 heterocycles. The second-order valence-corrected chi connectivity index (χ2v) is 6.45. The summed E-state index contributed by atoms with van der Waals surface area (Å²) < 4.78 is 5.68. The third kappa shape index (κ3) is 6.49. The van der Waals surface area contributed by atoms with E-state index in [0.717, 1.165) is 17.7 Å². The average Bonchev–Trinajstić information content (AvgIpc) is 2.61. The molecule has 0 aliphatic heterocycles. The van der Waals surface area contributed by atoms with E-state index in [1.54, 1.807) is 0 Å². The molecule has 0 unspecified atom stereocenters. The molecule has 0 spiro atoms. The standard InChI is InChI=1S/C21H28N2O2/c1-17(2)23(16-19-8-5-4-6-9-19)21(24)22-14-7-15-25-20-12-10-18(3)11-13-20/h4-6,8-13,17H,7,14-16H2,1-3H3,(H,22,24). The smallest absolute Gasteiger partial charge is 0.317 e. The van der Waals surface area contributed by atoms with Crippen molar-refractivity contribution in [3.05, 3.63) is 65.7 Å². The van der Waals surface area contributed by atoms with Crippen molar-refractivity contribution in [3.63, 3.8) is 0 Å². The number of rotatable bonds is 8. The maximum atomic E-state index is 12.4. The van der Waals surface area contributed by atoms with E-state index in [2.05, 4.69) is 12.2 Å². The lowest BCUT2D eigenvalue weighted by atomic mass is 10.2. The molecule has 134 valence electrons. The maximum absolute atomic E-state index is 12.4. The van der Waals surface area contributed by atoms with Gasteiger partial charge in [0.25, 0.3) is 0 Å². The molecular formula is C21H28N2O2. The number of ether oxygens (including phenoxy) is 1. The molecule has 2 aromatic rings. The number of hydrogen-bond donors (Lipinski definition) is 1. The predicted molar refractivity (Wildman–Crippen MR) is 102 cm³/mol. The van der Waals surface area contributed by atoms with E-state index in [-0.39, 0.29) is 12.1 Å². The fourth-order valence-electron chi connectivity index (χ4n) is 2.46. The third-order valence-corrected chi connectivity index (χ3v) is 3.97. The van der Waals surface area contributed by atoms with E-state index < -0.39 is 0 Å². The summed E-state index contributed by atoms with van der Waals surface area (Å²) in [6.07, 6.45) is 0.775. The van der Waals surface area contributed by atoms with Crippen LogP contribution in [0, 0.1) is 6.92 Å². The number of nitrogens with one attached hydrogen (secondary N) is 1. The first kappa shape index (κ1) is 18.8. The van der Waals surface area contributed by atoms with Crippen LogP contribution in [-0.4, -0.2) is 30.1 Å². The van der Waals surface area contributed by atoms with Gasteiger partial charge in [-0.05, 0) is 44.9 Å². The molecule has 0 aliphatic rings.